The first-order chi connectivity index (χ1) is 26.6. The third kappa shape index (κ3) is 5.39. The first-order valence-electron chi connectivity index (χ1n) is 17.5. The zero-order chi connectivity index (χ0) is 36.2. The van der Waals surface area contributed by atoms with E-state index in [0.717, 1.165) is 67.3 Å². The number of aromatic nitrogens is 4. The monoisotopic (exact) mass is 704 g/mol. The van der Waals surface area contributed by atoms with Gasteiger partial charge in [0, 0.05) is 47.4 Å². The number of fused-ring (bicyclic) bond motifs is 5. The summed E-state index contributed by atoms with van der Waals surface area (Å²) in [6, 6.07) is 46.8. The molecule has 0 amide bonds. The van der Waals surface area contributed by atoms with Crippen molar-refractivity contribution in [3.8, 4) is 34.6 Å². The lowest BCUT2D eigenvalue weighted by atomic mass is 10.2. The van der Waals surface area contributed by atoms with Gasteiger partial charge in [-0.1, -0.05) is 42.6 Å². The Bertz CT molecular complexity index is 2830. The van der Waals surface area contributed by atoms with Crippen molar-refractivity contribution in [2.24, 2.45) is 0 Å². The molecule has 10 rings (SSSR count). The van der Waals surface area contributed by atoms with Crippen molar-refractivity contribution in [3.63, 3.8) is 0 Å². The predicted octanol–water partition coefficient (Wildman–Crippen LogP) is 8.99. The molecule has 0 N–H and O–H groups in total. The summed E-state index contributed by atoms with van der Waals surface area (Å²) < 4.78 is 25.1. The number of hydrogen-bond donors (Lipinski definition) is 0. The van der Waals surface area contributed by atoms with E-state index < -0.39 is 0 Å². The molecule has 256 valence electrons. The Morgan fingerprint density at radius 3 is 1.35 bits per heavy atom. The average Bonchev–Trinajstić information content (AvgIpc) is 3.99. The summed E-state index contributed by atoms with van der Waals surface area (Å²) in [6.07, 6.45) is 11.5. The smallest absolute Gasteiger partial charge is 0.457 e. The first-order valence-corrected chi connectivity index (χ1v) is 17.5. The molecule has 4 aromatic carbocycles. The fourth-order valence-electron chi connectivity index (χ4n) is 7.08. The molecular weight excluding hydrogens is 673 g/mol. The molecule has 0 saturated carbocycles. The molecule has 0 saturated heterocycles. The van der Waals surface area contributed by atoms with E-state index in [1.54, 1.807) is 0 Å². The quantitative estimate of drug-likeness (QED) is 0.148. The molecule has 0 unspecified atom stereocenters. The molecule has 2 aliphatic rings. The Hall–Kier alpha value is -7.64. The number of nitrogens with zero attached hydrogens (tertiary/aromatic N) is 8. The van der Waals surface area contributed by atoms with Crippen LogP contribution in [0.15, 0.2) is 159 Å². The van der Waals surface area contributed by atoms with E-state index in [-0.39, 0.29) is 0 Å². The number of hydrogen-bond acceptors (Lipinski definition) is 4. The van der Waals surface area contributed by atoms with E-state index in [4.69, 9.17) is 19.4 Å². The Balaban J connectivity index is 1.14. The maximum Gasteiger partial charge on any atom is 0.495 e. The van der Waals surface area contributed by atoms with E-state index in [1.165, 1.54) is 0 Å². The van der Waals surface area contributed by atoms with Crippen molar-refractivity contribution in [1.29, 1.82) is 0 Å². The van der Waals surface area contributed by atoms with Gasteiger partial charge in [-0.2, -0.15) is 0 Å². The summed E-state index contributed by atoms with van der Waals surface area (Å²) >= 11 is 0. The zero-order valence-electron chi connectivity index (χ0n) is 29.4. The van der Waals surface area contributed by atoms with Gasteiger partial charge in [-0.05, 0) is 60.7 Å². The molecule has 4 aromatic heterocycles. The molecule has 0 atom stereocenters. The minimum absolute atomic E-state index is 0.705. The van der Waals surface area contributed by atoms with Gasteiger partial charge in [0.25, 0.3) is 12.4 Å². The van der Waals surface area contributed by atoms with Crippen LogP contribution >= 0.6 is 0 Å². The van der Waals surface area contributed by atoms with Crippen molar-refractivity contribution < 1.29 is 27.8 Å². The van der Waals surface area contributed by atoms with Gasteiger partial charge in [0.15, 0.2) is 14.1 Å². The van der Waals surface area contributed by atoms with Crippen LogP contribution < -0.4 is 9.47 Å². The summed E-state index contributed by atoms with van der Waals surface area (Å²) in [4.78, 5) is 9.68. The molecule has 54 heavy (non-hydrogen) atoms. The molecule has 0 radical (unpaired) electrons. The van der Waals surface area contributed by atoms with Crippen LogP contribution in [0.25, 0.3) is 44.5 Å². The van der Waals surface area contributed by atoms with Gasteiger partial charge in [-0.15, -0.1) is 0 Å². The van der Waals surface area contributed by atoms with Crippen molar-refractivity contribution in [3.05, 3.63) is 159 Å². The number of pyridine rings is 2. The van der Waals surface area contributed by atoms with Crippen LogP contribution in [-0.4, -0.2) is 63.5 Å². The van der Waals surface area contributed by atoms with Gasteiger partial charge in [0.2, 0.25) is 23.8 Å². The highest BCUT2D eigenvalue weighted by Crippen LogP contribution is 2.43. The Kier molecular flexibility index (Phi) is 7.23. The molecule has 0 fully saturated rings. The fraction of sp³-hybridized carbons (Fsp3) is 0.0455. The SMILES string of the molecule is C[N+]1=C=[N+](c2cccc(Oc3ccc4c(c3)n(-c3ccccn3)c3c5ccc(Oc6cccc([N+]7=C=[N+](C)C=C7)c6)cc5n(-c5ccccn5)c43)c2)C=C1. The highest BCUT2D eigenvalue weighted by Gasteiger charge is 2.25. The largest absolute Gasteiger partial charge is 0.495 e. The van der Waals surface area contributed by atoms with E-state index >= 15 is 0 Å². The highest BCUT2D eigenvalue weighted by atomic mass is 16.5. The van der Waals surface area contributed by atoms with Gasteiger partial charge in [-0.25, -0.2) is 9.97 Å². The standard InChI is InChI=1S/C44H32N8O2/c1-47-21-23-49(29-47)31-9-7-11-33(25-31)53-35-15-17-37-39(27-35)51(41-13-3-5-19-45-41)44-38-18-16-36(28-40(38)52(43(37)44)42-14-4-6-20-46-42)54-34-12-8-10-32(26-34)50-24-22-48(2)30-50/h3-28H,1-2H3/q+4. The zero-order valence-corrected chi connectivity index (χ0v) is 29.4. The van der Waals surface area contributed by atoms with Gasteiger partial charge < -0.3 is 9.47 Å². The summed E-state index contributed by atoms with van der Waals surface area (Å²) in [5, 5.41) is 2.05. The van der Waals surface area contributed by atoms with Gasteiger partial charge in [0.1, 0.15) is 34.6 Å². The second-order valence-electron chi connectivity index (χ2n) is 13.1. The Labute approximate surface area is 309 Å². The van der Waals surface area contributed by atoms with Crippen molar-refractivity contribution in [1.82, 2.24) is 19.1 Å². The molecule has 10 heteroatoms. The minimum Gasteiger partial charge on any atom is -0.457 e. The maximum absolute atomic E-state index is 6.52. The van der Waals surface area contributed by atoms with E-state index in [1.807, 2.05) is 167 Å². The lowest BCUT2D eigenvalue weighted by Gasteiger charge is -2.11. The van der Waals surface area contributed by atoms with Crippen LogP contribution in [0.1, 0.15) is 0 Å². The number of rotatable bonds is 8. The molecule has 10 nitrogen and oxygen atoms in total. The van der Waals surface area contributed by atoms with Gasteiger partial charge in [0.05, 0.1) is 34.2 Å². The summed E-state index contributed by atoms with van der Waals surface area (Å²) in [7, 11) is 3.90. The van der Waals surface area contributed by atoms with Crippen molar-refractivity contribution in [2.75, 3.05) is 14.1 Å². The molecule has 0 spiro atoms. The lowest BCUT2D eigenvalue weighted by Crippen LogP contribution is -1.97. The minimum atomic E-state index is 0.705. The average molecular weight is 705 g/mol. The maximum atomic E-state index is 6.52. The van der Waals surface area contributed by atoms with E-state index in [0.29, 0.717) is 11.5 Å². The predicted molar refractivity (Wildman–Crippen MR) is 207 cm³/mol. The molecule has 0 bridgehead atoms. The Morgan fingerprint density at radius 1 is 0.481 bits per heavy atom. The lowest BCUT2D eigenvalue weighted by molar-refractivity contribution is -0.429. The summed E-state index contributed by atoms with van der Waals surface area (Å²) in [5.41, 5.74) is 5.83. The van der Waals surface area contributed by atoms with Crippen molar-refractivity contribution in [2.45, 2.75) is 0 Å². The van der Waals surface area contributed by atoms with E-state index in [9.17, 15) is 0 Å². The third-order valence-corrected chi connectivity index (χ3v) is 9.43. The molecule has 2 aliphatic heterocycles. The normalized spacial score (nSPS) is 13.4. The van der Waals surface area contributed by atoms with Crippen LogP contribution in [-0.2, 0) is 0 Å². The number of benzene rings is 4. The van der Waals surface area contributed by atoms with Crippen LogP contribution in [0.4, 0.5) is 11.4 Å². The molecule has 8 aromatic rings. The van der Waals surface area contributed by atoms with Crippen LogP contribution in [0.2, 0.25) is 0 Å². The topological polar surface area (TPSA) is 66.1 Å². The van der Waals surface area contributed by atoms with Gasteiger partial charge >= 0.3 is 12.0 Å². The van der Waals surface area contributed by atoms with Gasteiger partial charge in [-0.3, -0.25) is 9.13 Å². The van der Waals surface area contributed by atoms with Crippen LogP contribution in [0.5, 0.6) is 23.0 Å². The van der Waals surface area contributed by atoms with E-state index in [2.05, 4.69) is 45.4 Å². The third-order valence-electron chi connectivity index (χ3n) is 9.43. The Morgan fingerprint density at radius 2 is 0.944 bits per heavy atom. The highest BCUT2D eigenvalue weighted by molar-refractivity contribution is 6.20. The van der Waals surface area contributed by atoms with Crippen LogP contribution in [0.3, 0.4) is 0 Å². The molecular formula is C44H32N8O2+4. The van der Waals surface area contributed by atoms with Crippen LogP contribution in [0, 0.1) is 0 Å². The number of ether oxygens (including phenoxy) is 2. The fourth-order valence-corrected chi connectivity index (χ4v) is 7.08. The molecule has 0 aliphatic carbocycles. The molecule has 6 heterocycles. The van der Waals surface area contributed by atoms with Crippen molar-refractivity contribution >= 4 is 56.2 Å². The summed E-state index contributed by atoms with van der Waals surface area (Å²) in [5.74, 6) is 4.44. The first kappa shape index (κ1) is 31.1. The second kappa shape index (κ2) is 12.5. The summed E-state index contributed by atoms with van der Waals surface area (Å²) in [6.45, 7) is 0. The second-order valence-corrected chi connectivity index (χ2v) is 13.1.